The molecule has 2 nitrogen and oxygen atoms in total. The molecule has 0 aliphatic carbocycles. The predicted octanol–water partition coefficient (Wildman–Crippen LogP) is 3.55. The van der Waals surface area contributed by atoms with E-state index in [2.05, 4.69) is 49.4 Å². The van der Waals surface area contributed by atoms with E-state index in [4.69, 9.17) is 5.73 Å². The van der Waals surface area contributed by atoms with Gasteiger partial charge < -0.3 is 10.7 Å². The van der Waals surface area contributed by atoms with Crippen LogP contribution >= 0.6 is 11.8 Å². The minimum Gasteiger partial charge on any atom is -0.357 e. The van der Waals surface area contributed by atoms with Gasteiger partial charge >= 0.3 is 0 Å². The van der Waals surface area contributed by atoms with Crippen LogP contribution in [0, 0.1) is 5.92 Å². The SMILES string of the molecule is CSc1ccc2cc(C(N)C(C)C)[nH]c2c1. The predicted molar refractivity (Wildman–Crippen MR) is 71.8 cm³/mol. The first-order chi connectivity index (χ1) is 7.61. The average molecular weight is 234 g/mol. The number of rotatable bonds is 3. The van der Waals surface area contributed by atoms with Crippen LogP contribution in [0.15, 0.2) is 29.2 Å². The summed E-state index contributed by atoms with van der Waals surface area (Å²) in [5.41, 5.74) is 8.44. The molecule has 1 aromatic heterocycles. The topological polar surface area (TPSA) is 41.8 Å². The van der Waals surface area contributed by atoms with Crippen molar-refractivity contribution in [3.63, 3.8) is 0 Å². The number of nitrogens with one attached hydrogen (secondary N) is 1. The molecular formula is C13H18N2S. The van der Waals surface area contributed by atoms with Crippen molar-refractivity contribution < 1.29 is 0 Å². The molecule has 16 heavy (non-hydrogen) atoms. The van der Waals surface area contributed by atoms with Crippen molar-refractivity contribution in [1.29, 1.82) is 0 Å². The number of thioether (sulfide) groups is 1. The van der Waals surface area contributed by atoms with Crippen molar-refractivity contribution in [2.75, 3.05) is 6.26 Å². The normalized spacial score (nSPS) is 13.6. The number of aromatic nitrogens is 1. The number of hydrogen-bond donors (Lipinski definition) is 2. The summed E-state index contributed by atoms with van der Waals surface area (Å²) in [4.78, 5) is 4.69. The lowest BCUT2D eigenvalue weighted by molar-refractivity contribution is 0.506. The number of aromatic amines is 1. The number of benzene rings is 1. The summed E-state index contributed by atoms with van der Waals surface area (Å²) in [6, 6.07) is 8.71. The molecule has 0 saturated heterocycles. The highest BCUT2D eigenvalue weighted by molar-refractivity contribution is 7.98. The Kier molecular flexibility index (Phi) is 3.26. The Labute approximate surface area is 101 Å². The monoisotopic (exact) mass is 234 g/mol. The van der Waals surface area contributed by atoms with Crippen molar-refractivity contribution in [1.82, 2.24) is 4.98 Å². The van der Waals surface area contributed by atoms with Gasteiger partial charge in [0.05, 0.1) is 0 Å². The molecule has 2 aromatic rings. The fourth-order valence-electron chi connectivity index (χ4n) is 1.79. The highest BCUT2D eigenvalue weighted by atomic mass is 32.2. The van der Waals surface area contributed by atoms with E-state index >= 15 is 0 Å². The zero-order valence-corrected chi connectivity index (χ0v) is 10.8. The maximum atomic E-state index is 6.14. The molecule has 3 N–H and O–H groups in total. The Bertz CT molecular complexity index is 488. The van der Waals surface area contributed by atoms with Gasteiger partial charge in [0.2, 0.25) is 0 Å². The van der Waals surface area contributed by atoms with Crippen LogP contribution < -0.4 is 5.73 Å². The molecule has 0 aliphatic heterocycles. The third-order valence-electron chi connectivity index (χ3n) is 2.93. The van der Waals surface area contributed by atoms with Crippen molar-refractivity contribution >= 4 is 22.7 Å². The zero-order valence-electron chi connectivity index (χ0n) is 9.95. The fourth-order valence-corrected chi connectivity index (χ4v) is 2.23. The third-order valence-corrected chi connectivity index (χ3v) is 3.65. The number of nitrogens with two attached hydrogens (primary N) is 1. The quantitative estimate of drug-likeness (QED) is 0.797. The van der Waals surface area contributed by atoms with Crippen LogP contribution in [-0.2, 0) is 0 Å². The molecule has 0 radical (unpaired) electrons. The molecular weight excluding hydrogens is 216 g/mol. The zero-order chi connectivity index (χ0) is 11.7. The molecule has 0 spiro atoms. The van der Waals surface area contributed by atoms with Gasteiger partial charge in [-0.25, -0.2) is 0 Å². The highest BCUT2D eigenvalue weighted by Crippen LogP contribution is 2.26. The van der Waals surface area contributed by atoms with Gasteiger partial charge in [0.15, 0.2) is 0 Å². The lowest BCUT2D eigenvalue weighted by atomic mass is 10.0. The van der Waals surface area contributed by atoms with Crippen LogP contribution in [0.4, 0.5) is 0 Å². The van der Waals surface area contributed by atoms with Crippen molar-refractivity contribution in [2.24, 2.45) is 11.7 Å². The Morgan fingerprint density at radius 2 is 2.00 bits per heavy atom. The van der Waals surface area contributed by atoms with E-state index in [1.165, 1.54) is 15.8 Å². The van der Waals surface area contributed by atoms with Crippen LogP contribution in [0.25, 0.3) is 10.9 Å². The molecule has 2 rings (SSSR count). The van der Waals surface area contributed by atoms with E-state index < -0.39 is 0 Å². The van der Waals surface area contributed by atoms with Gasteiger partial charge in [0.1, 0.15) is 0 Å². The molecule has 1 unspecified atom stereocenters. The molecule has 86 valence electrons. The van der Waals surface area contributed by atoms with Crippen molar-refractivity contribution in [3.8, 4) is 0 Å². The maximum Gasteiger partial charge on any atom is 0.0471 e. The minimum atomic E-state index is 0.0881. The van der Waals surface area contributed by atoms with Crippen LogP contribution in [0.1, 0.15) is 25.6 Å². The molecule has 0 fully saturated rings. The fraction of sp³-hybridized carbons (Fsp3) is 0.385. The van der Waals surface area contributed by atoms with Crippen LogP contribution in [0.3, 0.4) is 0 Å². The van der Waals surface area contributed by atoms with Gasteiger partial charge in [-0.2, -0.15) is 0 Å². The van der Waals surface area contributed by atoms with Gasteiger partial charge in [-0.15, -0.1) is 11.8 Å². The van der Waals surface area contributed by atoms with E-state index in [1.54, 1.807) is 11.8 Å². The van der Waals surface area contributed by atoms with E-state index in [-0.39, 0.29) is 6.04 Å². The summed E-state index contributed by atoms with van der Waals surface area (Å²) in [6.07, 6.45) is 2.09. The largest absolute Gasteiger partial charge is 0.357 e. The lowest BCUT2D eigenvalue weighted by Gasteiger charge is -2.13. The number of H-pyrrole nitrogens is 1. The standard InChI is InChI=1S/C13H18N2S/c1-8(2)13(14)12-6-9-4-5-10(16-3)7-11(9)15-12/h4-8,13,15H,14H2,1-3H3. The number of fused-ring (bicyclic) bond motifs is 1. The molecule has 1 aromatic carbocycles. The van der Waals surface area contributed by atoms with E-state index in [9.17, 15) is 0 Å². The Balaban J connectivity index is 2.43. The molecule has 0 saturated carbocycles. The smallest absolute Gasteiger partial charge is 0.0471 e. The van der Waals surface area contributed by atoms with Crippen LogP contribution in [0.2, 0.25) is 0 Å². The van der Waals surface area contributed by atoms with Gasteiger partial charge in [-0.05, 0) is 35.8 Å². The summed E-state index contributed by atoms with van der Waals surface area (Å²) >= 11 is 1.76. The molecule has 3 heteroatoms. The van der Waals surface area contributed by atoms with Gasteiger partial charge in [0, 0.05) is 22.1 Å². The van der Waals surface area contributed by atoms with E-state index in [0.29, 0.717) is 5.92 Å². The Hall–Kier alpha value is -0.930. The Morgan fingerprint density at radius 1 is 1.25 bits per heavy atom. The second-order valence-corrected chi connectivity index (χ2v) is 5.33. The average Bonchev–Trinajstić information content (AvgIpc) is 2.69. The van der Waals surface area contributed by atoms with Crippen LogP contribution in [-0.4, -0.2) is 11.2 Å². The minimum absolute atomic E-state index is 0.0881. The summed E-state index contributed by atoms with van der Waals surface area (Å²) < 4.78 is 0. The summed E-state index contributed by atoms with van der Waals surface area (Å²) in [5.74, 6) is 0.452. The summed E-state index contributed by atoms with van der Waals surface area (Å²) in [5, 5.41) is 1.24. The van der Waals surface area contributed by atoms with Gasteiger partial charge in [0.25, 0.3) is 0 Å². The lowest BCUT2D eigenvalue weighted by Crippen LogP contribution is -2.16. The van der Waals surface area contributed by atoms with Crippen molar-refractivity contribution in [2.45, 2.75) is 24.8 Å². The second-order valence-electron chi connectivity index (χ2n) is 4.45. The summed E-state index contributed by atoms with van der Waals surface area (Å²) in [7, 11) is 0. The van der Waals surface area contributed by atoms with Crippen LogP contribution in [0.5, 0.6) is 0 Å². The number of hydrogen-bond acceptors (Lipinski definition) is 2. The molecule has 1 atom stereocenters. The van der Waals surface area contributed by atoms with Gasteiger partial charge in [-0.1, -0.05) is 19.9 Å². The molecule has 0 aliphatic rings. The molecule has 1 heterocycles. The first-order valence-electron chi connectivity index (χ1n) is 5.54. The van der Waals surface area contributed by atoms with E-state index in [1.807, 2.05) is 0 Å². The first-order valence-corrected chi connectivity index (χ1v) is 6.76. The molecule has 0 bridgehead atoms. The highest BCUT2D eigenvalue weighted by Gasteiger charge is 2.12. The second kappa shape index (κ2) is 4.52. The van der Waals surface area contributed by atoms with E-state index in [0.717, 1.165) is 5.69 Å². The van der Waals surface area contributed by atoms with Gasteiger partial charge in [-0.3, -0.25) is 0 Å². The molecule has 0 amide bonds. The van der Waals surface area contributed by atoms with Crippen molar-refractivity contribution in [3.05, 3.63) is 30.0 Å². The maximum absolute atomic E-state index is 6.14. The summed E-state index contributed by atoms with van der Waals surface area (Å²) in [6.45, 7) is 4.28. The third kappa shape index (κ3) is 2.11. The first kappa shape index (κ1) is 11.6. The Morgan fingerprint density at radius 3 is 2.62 bits per heavy atom.